The second kappa shape index (κ2) is 2.23. The molecule has 0 bridgehead atoms. The first kappa shape index (κ1) is 6.16. The van der Waals surface area contributed by atoms with Crippen molar-refractivity contribution in [3.05, 3.63) is 36.5 Å². The summed E-state index contributed by atoms with van der Waals surface area (Å²) in [6, 6.07) is 9.47. The first-order chi connectivity index (χ1) is 5.42. The Morgan fingerprint density at radius 1 is 1.36 bits per heavy atom. The summed E-state index contributed by atoms with van der Waals surface area (Å²) < 4.78 is 1.44. The summed E-state index contributed by atoms with van der Waals surface area (Å²) in [6.07, 6.45) is 3.56. The summed E-state index contributed by atoms with van der Waals surface area (Å²) in [5.41, 5.74) is 0.905. The van der Waals surface area contributed by atoms with Crippen LogP contribution in [-0.4, -0.2) is 11.0 Å². The molecule has 11 heavy (non-hydrogen) atoms. The lowest BCUT2D eigenvalue weighted by Gasteiger charge is -1.90. The molecule has 0 amide bonds. The number of para-hydroxylation sites is 1. The van der Waals surface area contributed by atoms with Crippen molar-refractivity contribution in [3.8, 4) is 0 Å². The number of benzene rings is 1. The Bertz CT molecular complexity index is 389. The molecule has 0 saturated carbocycles. The molecular formula is C9H6NO. The number of hydrogen-bond acceptors (Lipinski definition) is 1. The molecule has 0 aliphatic rings. The van der Waals surface area contributed by atoms with E-state index in [-0.39, 0.29) is 0 Å². The number of nitrogens with zero attached hydrogens (tertiary/aromatic N) is 1. The van der Waals surface area contributed by atoms with Crippen molar-refractivity contribution in [1.29, 1.82) is 0 Å². The van der Waals surface area contributed by atoms with E-state index in [1.165, 1.54) is 4.57 Å². The van der Waals surface area contributed by atoms with Gasteiger partial charge >= 0.3 is 0 Å². The number of carbonyl (C=O) groups excluding carboxylic acids is 1. The van der Waals surface area contributed by atoms with E-state index in [1.54, 1.807) is 6.07 Å². The van der Waals surface area contributed by atoms with Crippen molar-refractivity contribution in [2.45, 2.75) is 0 Å². The lowest BCUT2D eigenvalue weighted by Crippen LogP contribution is -1.90. The highest BCUT2D eigenvalue weighted by Crippen LogP contribution is 2.12. The van der Waals surface area contributed by atoms with E-state index in [2.05, 4.69) is 6.20 Å². The number of hydrogen-bond donors (Lipinski definition) is 0. The topological polar surface area (TPSA) is 22.0 Å². The summed E-state index contributed by atoms with van der Waals surface area (Å²) in [7, 11) is 0. The molecule has 0 spiro atoms. The molecular weight excluding hydrogens is 138 g/mol. The molecule has 0 unspecified atom stereocenters. The molecule has 53 valence electrons. The smallest absolute Gasteiger partial charge is 0.218 e. The fourth-order valence-corrected chi connectivity index (χ4v) is 1.12. The van der Waals surface area contributed by atoms with Crippen molar-refractivity contribution in [1.82, 2.24) is 4.57 Å². The van der Waals surface area contributed by atoms with E-state index >= 15 is 0 Å². The summed E-state index contributed by atoms with van der Waals surface area (Å²) in [6.45, 7) is 0. The Morgan fingerprint density at radius 3 is 3.00 bits per heavy atom. The zero-order valence-corrected chi connectivity index (χ0v) is 5.82. The van der Waals surface area contributed by atoms with E-state index in [0.717, 1.165) is 17.3 Å². The minimum atomic E-state index is 0.752. The van der Waals surface area contributed by atoms with E-state index in [4.69, 9.17) is 0 Å². The largest absolute Gasteiger partial charge is 0.281 e. The quantitative estimate of drug-likeness (QED) is 0.555. The van der Waals surface area contributed by atoms with Crippen LogP contribution in [0.25, 0.3) is 10.9 Å². The van der Waals surface area contributed by atoms with Gasteiger partial charge in [-0.3, -0.25) is 9.36 Å². The van der Waals surface area contributed by atoms with Crippen LogP contribution in [0.2, 0.25) is 0 Å². The van der Waals surface area contributed by atoms with Gasteiger partial charge in [0.2, 0.25) is 6.41 Å². The second-order valence-corrected chi connectivity index (χ2v) is 2.31. The van der Waals surface area contributed by atoms with Gasteiger partial charge in [0.25, 0.3) is 0 Å². The molecule has 0 fully saturated rings. The second-order valence-electron chi connectivity index (χ2n) is 2.31. The maximum atomic E-state index is 10.4. The normalized spacial score (nSPS) is 10.2. The van der Waals surface area contributed by atoms with Crippen LogP contribution in [0.1, 0.15) is 0 Å². The van der Waals surface area contributed by atoms with Gasteiger partial charge in [0.15, 0.2) is 0 Å². The van der Waals surface area contributed by atoms with Crippen LogP contribution in [0.15, 0.2) is 30.3 Å². The van der Waals surface area contributed by atoms with Crippen molar-refractivity contribution in [2.75, 3.05) is 0 Å². The van der Waals surface area contributed by atoms with E-state index in [1.807, 2.05) is 24.3 Å². The maximum absolute atomic E-state index is 10.4. The molecule has 0 aliphatic carbocycles. The van der Waals surface area contributed by atoms with Gasteiger partial charge in [-0.15, -0.1) is 0 Å². The molecule has 0 aliphatic heterocycles. The molecule has 0 N–H and O–H groups in total. The van der Waals surface area contributed by atoms with Gasteiger partial charge in [-0.1, -0.05) is 18.2 Å². The van der Waals surface area contributed by atoms with Crippen molar-refractivity contribution >= 4 is 17.3 Å². The van der Waals surface area contributed by atoms with E-state index in [0.29, 0.717) is 0 Å². The van der Waals surface area contributed by atoms with Crippen molar-refractivity contribution in [3.63, 3.8) is 0 Å². The molecule has 1 aromatic heterocycles. The van der Waals surface area contributed by atoms with Gasteiger partial charge in [0.1, 0.15) is 0 Å². The van der Waals surface area contributed by atoms with Gasteiger partial charge in [-0.2, -0.15) is 0 Å². The predicted octanol–water partition coefficient (Wildman–Crippen LogP) is 1.48. The number of carbonyl (C=O) groups is 1. The highest BCUT2D eigenvalue weighted by atomic mass is 16.1. The van der Waals surface area contributed by atoms with Gasteiger partial charge in [-0.05, 0) is 12.1 Å². The fourth-order valence-electron chi connectivity index (χ4n) is 1.12. The number of fused-ring (bicyclic) bond motifs is 1. The maximum Gasteiger partial charge on any atom is 0.218 e. The highest BCUT2D eigenvalue weighted by molar-refractivity contribution is 5.84. The molecule has 2 nitrogen and oxygen atoms in total. The van der Waals surface area contributed by atoms with Gasteiger partial charge in [0, 0.05) is 5.39 Å². The van der Waals surface area contributed by atoms with Gasteiger partial charge < -0.3 is 0 Å². The zero-order chi connectivity index (χ0) is 7.68. The molecule has 2 aromatic rings. The number of rotatable bonds is 1. The molecule has 1 aromatic carbocycles. The van der Waals surface area contributed by atoms with Crippen LogP contribution in [0.4, 0.5) is 0 Å². The van der Waals surface area contributed by atoms with Crippen LogP contribution in [-0.2, 0) is 4.79 Å². The zero-order valence-electron chi connectivity index (χ0n) is 5.82. The summed E-state index contributed by atoms with van der Waals surface area (Å²) >= 11 is 0. The number of aromatic nitrogens is 1. The van der Waals surface area contributed by atoms with E-state index < -0.39 is 0 Å². The van der Waals surface area contributed by atoms with Crippen molar-refractivity contribution in [2.24, 2.45) is 0 Å². The van der Waals surface area contributed by atoms with Crippen LogP contribution in [0.3, 0.4) is 0 Å². The first-order valence-corrected chi connectivity index (χ1v) is 3.35. The van der Waals surface area contributed by atoms with Gasteiger partial charge in [-0.25, -0.2) is 0 Å². The Hall–Kier alpha value is -1.57. The summed E-state index contributed by atoms with van der Waals surface area (Å²) in [5.74, 6) is 0. The summed E-state index contributed by atoms with van der Waals surface area (Å²) in [4.78, 5) is 10.4. The average molecular weight is 144 g/mol. The summed E-state index contributed by atoms with van der Waals surface area (Å²) in [5, 5.41) is 1.04. The molecule has 2 rings (SSSR count). The Kier molecular flexibility index (Phi) is 1.25. The van der Waals surface area contributed by atoms with Crippen LogP contribution in [0, 0.1) is 6.20 Å². The molecule has 2 heteroatoms. The lowest BCUT2D eigenvalue weighted by molar-refractivity contribution is 0.549. The third kappa shape index (κ3) is 0.835. The minimum Gasteiger partial charge on any atom is -0.281 e. The molecule has 0 saturated heterocycles. The van der Waals surface area contributed by atoms with Crippen molar-refractivity contribution < 1.29 is 4.79 Å². The van der Waals surface area contributed by atoms with Crippen LogP contribution in [0.5, 0.6) is 0 Å². The van der Waals surface area contributed by atoms with Gasteiger partial charge in [0.05, 0.1) is 11.7 Å². The lowest BCUT2D eigenvalue weighted by atomic mass is 10.2. The Morgan fingerprint density at radius 2 is 2.18 bits per heavy atom. The van der Waals surface area contributed by atoms with Crippen LogP contribution >= 0.6 is 0 Å². The molecule has 0 atom stereocenters. The third-order valence-electron chi connectivity index (χ3n) is 1.66. The Balaban J connectivity index is 2.86. The average Bonchev–Trinajstić information content (AvgIpc) is 2.47. The molecule has 1 radical (unpaired) electrons. The molecule has 1 heterocycles. The van der Waals surface area contributed by atoms with E-state index in [9.17, 15) is 4.79 Å². The van der Waals surface area contributed by atoms with Crippen LogP contribution < -0.4 is 0 Å². The Labute approximate surface area is 64.1 Å². The fraction of sp³-hybridized carbons (Fsp3) is 0. The minimum absolute atomic E-state index is 0.752. The highest BCUT2D eigenvalue weighted by Gasteiger charge is 1.96. The first-order valence-electron chi connectivity index (χ1n) is 3.35. The standard InChI is InChI=1S/C9H6NO/c11-7-10-6-5-8-3-1-2-4-9(8)10/h1-5,7H. The SMILES string of the molecule is O=Cn1[c]cc2ccccc21. The monoisotopic (exact) mass is 144 g/mol. The third-order valence-corrected chi connectivity index (χ3v) is 1.66. The predicted molar refractivity (Wildman–Crippen MR) is 42.9 cm³/mol.